The van der Waals surface area contributed by atoms with Gasteiger partial charge >= 0.3 is 3.85 Å². The quantitative estimate of drug-likeness (QED) is 0.362. The van der Waals surface area contributed by atoms with Crippen LogP contribution in [-0.4, -0.2) is 12.6 Å². The maximum Gasteiger partial charge on any atom is 0.301 e. The molecule has 0 rings (SSSR count). The molecule has 0 amide bonds. The van der Waals surface area contributed by atoms with Crippen molar-refractivity contribution in [3.63, 3.8) is 0 Å². The minimum Gasteiger partial charge on any atom is -0.781 e. The van der Waals surface area contributed by atoms with Gasteiger partial charge in [-0.15, -0.1) is 22.4 Å². The first-order valence-electron chi connectivity index (χ1n) is 1.36. The zero-order chi connectivity index (χ0) is 5.15. The van der Waals surface area contributed by atoms with Crippen molar-refractivity contribution < 1.29 is 8.76 Å². The van der Waals surface area contributed by atoms with E-state index < -0.39 is 10.9 Å². The van der Waals surface area contributed by atoms with Crippen molar-refractivity contribution in [1.82, 2.24) is 0 Å². The Kier molecular flexibility index (Phi) is 3.43. The standard InChI is InChI=1S/CH4BIO2S/c1-2(3)6(4)5/h1H3,(H,4,5)/p-1. The fourth-order valence-corrected chi connectivity index (χ4v) is 0. The Hall–Kier alpha value is 0.905. The van der Waals surface area contributed by atoms with E-state index in [0.29, 0.717) is 0 Å². The van der Waals surface area contributed by atoms with Crippen molar-refractivity contribution in [2.24, 2.45) is 0 Å². The topological polar surface area (TPSA) is 40.1 Å². The van der Waals surface area contributed by atoms with E-state index in [-0.39, 0.29) is 3.85 Å². The Balaban J connectivity index is 3.26. The molecular weight excluding hydrogens is 214 g/mol. The summed E-state index contributed by atoms with van der Waals surface area (Å²) >= 11 is 1.82. The molecule has 0 aliphatic heterocycles. The molecule has 0 aliphatic carbocycles. The fraction of sp³-hybridized carbons (Fsp3) is 1.00. The van der Waals surface area contributed by atoms with E-state index in [4.69, 9.17) is 0 Å². The molecule has 0 radical (unpaired) electrons. The van der Waals surface area contributed by atoms with Gasteiger partial charge in [0.15, 0.2) is 0 Å². The lowest BCUT2D eigenvalue weighted by atomic mass is 10.2. The first kappa shape index (κ1) is 6.90. The van der Waals surface area contributed by atoms with Gasteiger partial charge in [-0.2, -0.15) is 0 Å². The van der Waals surface area contributed by atoms with Gasteiger partial charge in [0.1, 0.15) is 0 Å². The molecule has 0 N–H and O–H groups in total. The van der Waals surface area contributed by atoms with Crippen LogP contribution in [0.5, 0.6) is 0 Å². The van der Waals surface area contributed by atoms with E-state index in [1.165, 1.54) is 0 Å². The van der Waals surface area contributed by atoms with Crippen molar-refractivity contribution in [3.8, 4) is 0 Å². The van der Waals surface area contributed by atoms with Gasteiger partial charge in [-0.3, -0.25) is 4.21 Å². The minimum absolute atomic E-state index is 0.261. The van der Waals surface area contributed by atoms with Crippen LogP contribution >= 0.6 is 22.4 Å². The molecular formula is CH3BIO2S-. The van der Waals surface area contributed by atoms with Crippen LogP contribution in [-0.2, 0) is 10.9 Å². The number of halogens is 1. The van der Waals surface area contributed by atoms with E-state index in [1.54, 1.807) is 6.82 Å². The third-order valence-corrected chi connectivity index (χ3v) is 2.04. The molecule has 0 spiro atoms. The van der Waals surface area contributed by atoms with Gasteiger partial charge in [0.25, 0.3) is 0 Å². The summed E-state index contributed by atoms with van der Waals surface area (Å²) < 4.78 is 19.1. The normalized spacial score (nSPS) is 13.8. The molecule has 0 aliphatic rings. The first-order chi connectivity index (χ1) is 2.64. The second-order valence-electron chi connectivity index (χ2n) is 0.803. The Labute approximate surface area is 52.8 Å². The highest BCUT2D eigenvalue weighted by molar-refractivity contribution is 14.1. The molecule has 6 heavy (non-hydrogen) atoms. The smallest absolute Gasteiger partial charge is 0.301 e. The molecule has 1 atom stereocenters. The molecule has 0 aromatic carbocycles. The van der Waals surface area contributed by atoms with Crippen LogP contribution in [0.3, 0.4) is 0 Å². The molecule has 0 saturated heterocycles. The van der Waals surface area contributed by atoms with E-state index in [1.807, 2.05) is 22.4 Å². The first-order valence-corrected chi connectivity index (χ1v) is 3.75. The predicted molar refractivity (Wildman–Crippen MR) is 34.6 cm³/mol. The highest BCUT2D eigenvalue weighted by Crippen LogP contribution is 1.94. The Morgan fingerprint density at radius 2 is 2.17 bits per heavy atom. The van der Waals surface area contributed by atoms with Gasteiger partial charge in [0, 0.05) is 0 Å². The summed E-state index contributed by atoms with van der Waals surface area (Å²) in [7, 11) is -1.88. The van der Waals surface area contributed by atoms with Crippen LogP contribution in [0.2, 0.25) is 6.82 Å². The van der Waals surface area contributed by atoms with Gasteiger partial charge in [0.05, 0.1) is 0 Å². The summed E-state index contributed by atoms with van der Waals surface area (Å²) in [5.74, 6) is 0. The lowest BCUT2D eigenvalue weighted by Crippen LogP contribution is -2.03. The van der Waals surface area contributed by atoms with Gasteiger partial charge in [-0.1, -0.05) is 17.8 Å². The van der Waals surface area contributed by atoms with Crippen molar-refractivity contribution in [3.05, 3.63) is 0 Å². The average Bonchev–Trinajstić information content (AvgIpc) is 1.36. The van der Waals surface area contributed by atoms with Crippen molar-refractivity contribution in [1.29, 1.82) is 0 Å². The van der Waals surface area contributed by atoms with Gasteiger partial charge in [0.2, 0.25) is 0 Å². The molecule has 1 unspecified atom stereocenters. The van der Waals surface area contributed by atoms with Crippen molar-refractivity contribution >= 4 is 37.2 Å². The summed E-state index contributed by atoms with van der Waals surface area (Å²) in [5, 5.41) is 0. The number of rotatable bonds is 1. The fourth-order valence-electron chi connectivity index (χ4n) is 0. The molecule has 0 heterocycles. The molecule has 0 aromatic rings. The molecule has 0 aromatic heterocycles. The summed E-state index contributed by atoms with van der Waals surface area (Å²) in [4.78, 5) is 0. The molecule has 5 heteroatoms. The Morgan fingerprint density at radius 1 is 2.00 bits per heavy atom. The van der Waals surface area contributed by atoms with Crippen LogP contribution in [0, 0.1) is 0 Å². The number of hydrogen-bond acceptors (Lipinski definition) is 2. The zero-order valence-corrected chi connectivity index (χ0v) is 6.15. The van der Waals surface area contributed by atoms with Gasteiger partial charge in [-0.05, 0) is 0 Å². The summed E-state index contributed by atoms with van der Waals surface area (Å²) in [6.07, 6.45) is 0. The molecule has 2 nitrogen and oxygen atoms in total. The maximum atomic E-state index is 9.69. The van der Waals surface area contributed by atoms with Crippen molar-refractivity contribution in [2.45, 2.75) is 6.82 Å². The van der Waals surface area contributed by atoms with Crippen LogP contribution in [0.4, 0.5) is 0 Å². The van der Waals surface area contributed by atoms with E-state index in [2.05, 4.69) is 0 Å². The van der Waals surface area contributed by atoms with Crippen LogP contribution in [0.1, 0.15) is 0 Å². The predicted octanol–water partition coefficient (Wildman–Crippen LogP) is 0.419. The lowest BCUT2D eigenvalue weighted by molar-refractivity contribution is 0.551. The van der Waals surface area contributed by atoms with E-state index in [9.17, 15) is 8.76 Å². The molecule has 0 bridgehead atoms. The monoisotopic (exact) mass is 217 g/mol. The van der Waals surface area contributed by atoms with Gasteiger partial charge in [-0.25, -0.2) is 0 Å². The van der Waals surface area contributed by atoms with Crippen molar-refractivity contribution in [2.75, 3.05) is 0 Å². The van der Waals surface area contributed by atoms with Crippen LogP contribution in [0.25, 0.3) is 0 Å². The SMILES string of the molecule is CB(I)S(=O)[O-]. The molecule has 0 fully saturated rings. The van der Waals surface area contributed by atoms with Gasteiger partial charge < -0.3 is 4.55 Å². The zero-order valence-electron chi connectivity index (χ0n) is 3.18. The molecule has 0 saturated carbocycles. The third-order valence-electron chi connectivity index (χ3n) is 0.265. The Bertz CT molecular complexity index is 64.6. The highest BCUT2D eigenvalue weighted by Gasteiger charge is 1.96. The largest absolute Gasteiger partial charge is 0.781 e. The summed E-state index contributed by atoms with van der Waals surface area (Å²) in [6, 6.07) is 0. The highest BCUT2D eigenvalue weighted by atomic mass is 127. The summed E-state index contributed by atoms with van der Waals surface area (Å²) in [6.45, 7) is 1.61. The minimum atomic E-state index is -1.88. The second kappa shape index (κ2) is 2.98. The average molecular weight is 217 g/mol. The maximum absolute atomic E-state index is 9.69. The summed E-state index contributed by atoms with van der Waals surface area (Å²) in [5.41, 5.74) is 0. The lowest BCUT2D eigenvalue weighted by Gasteiger charge is -2.00. The van der Waals surface area contributed by atoms with Crippen LogP contribution < -0.4 is 0 Å². The van der Waals surface area contributed by atoms with Crippen LogP contribution in [0.15, 0.2) is 0 Å². The second-order valence-corrected chi connectivity index (χ2v) is 4.75. The third kappa shape index (κ3) is 3.11. The number of hydrogen-bond donors (Lipinski definition) is 0. The van der Waals surface area contributed by atoms with E-state index >= 15 is 0 Å². The Morgan fingerprint density at radius 3 is 2.17 bits per heavy atom. The van der Waals surface area contributed by atoms with E-state index in [0.717, 1.165) is 0 Å². The molecule has 36 valence electrons.